The van der Waals surface area contributed by atoms with E-state index in [1.165, 1.54) is 47.0 Å². The van der Waals surface area contributed by atoms with Crippen LogP contribution in [0.4, 0.5) is 5.69 Å². The summed E-state index contributed by atoms with van der Waals surface area (Å²) in [5, 5.41) is 64.3. The first-order valence-electron chi connectivity index (χ1n) is 20.1. The quantitative estimate of drug-likeness (QED) is 0.0585. The van der Waals surface area contributed by atoms with E-state index in [1.54, 1.807) is 6.92 Å². The van der Waals surface area contributed by atoms with Crippen LogP contribution in [0.2, 0.25) is 0 Å². The van der Waals surface area contributed by atoms with Crippen LogP contribution in [0.1, 0.15) is 49.7 Å². The van der Waals surface area contributed by atoms with E-state index >= 15 is 0 Å². The lowest BCUT2D eigenvalue weighted by Gasteiger charge is -2.53. The molecule has 0 bridgehead atoms. The van der Waals surface area contributed by atoms with Gasteiger partial charge in [-0.05, 0) is 74.5 Å². The largest absolute Gasteiger partial charge is 0.508 e. The first-order valence-corrected chi connectivity index (χ1v) is 22.1. The SMILES string of the molecule is C[C@H]1c2ccc(NC(=O)CCC(=O)CCC[P+](c3ccccc3)(c3ccccc3)c3ccccc3)c(O)c2C(O)=C2C(=O)[C@]3(O)C(O)=C(C(N)=O)C(=O)[C@@H](N(C)C)[C@@H]3[C@@H](O)[C@@H]21. The number of phenols is 1. The van der Waals surface area contributed by atoms with Gasteiger partial charge in [-0.3, -0.25) is 28.9 Å². The molecule has 61 heavy (non-hydrogen) atoms. The van der Waals surface area contributed by atoms with Gasteiger partial charge < -0.3 is 36.6 Å². The van der Waals surface area contributed by atoms with Crippen molar-refractivity contribution in [2.24, 2.45) is 17.6 Å². The Hall–Kier alpha value is -5.98. The number of ketones is 3. The Kier molecular flexibility index (Phi) is 11.9. The second kappa shape index (κ2) is 16.8. The fraction of sp³-hybridized carbons (Fsp3) is 0.298. The fourth-order valence-electron chi connectivity index (χ4n) is 9.70. The third-order valence-corrected chi connectivity index (χ3v) is 17.1. The van der Waals surface area contributed by atoms with Gasteiger partial charge in [0.15, 0.2) is 11.4 Å². The highest BCUT2D eigenvalue weighted by atomic mass is 31.2. The number of amides is 2. The molecule has 3 aliphatic carbocycles. The van der Waals surface area contributed by atoms with Crippen LogP contribution < -0.4 is 27.0 Å². The average Bonchev–Trinajstić information content (AvgIpc) is 3.24. The number of nitrogens with one attached hydrogen (secondary N) is 1. The van der Waals surface area contributed by atoms with E-state index in [-0.39, 0.29) is 41.9 Å². The number of aromatic hydroxyl groups is 1. The number of nitrogens with zero attached hydrogens (tertiary/aromatic N) is 1. The second-order valence-corrected chi connectivity index (χ2v) is 19.8. The molecule has 0 spiro atoms. The number of primary amides is 1. The van der Waals surface area contributed by atoms with E-state index in [1.807, 2.05) is 54.6 Å². The van der Waals surface area contributed by atoms with Gasteiger partial charge in [0.1, 0.15) is 51.8 Å². The van der Waals surface area contributed by atoms with Crippen LogP contribution in [0.25, 0.3) is 5.76 Å². The maximum Gasteiger partial charge on any atom is 0.255 e. The van der Waals surface area contributed by atoms with Crippen LogP contribution in [-0.4, -0.2) is 97.6 Å². The number of aliphatic hydroxyl groups is 4. The minimum atomic E-state index is -3.05. The summed E-state index contributed by atoms with van der Waals surface area (Å²) in [4.78, 5) is 67.9. The molecule has 0 saturated heterocycles. The van der Waals surface area contributed by atoms with Crippen molar-refractivity contribution in [3.8, 4) is 5.75 Å². The molecule has 3 aliphatic rings. The molecule has 13 nitrogen and oxygen atoms in total. The molecule has 4 aromatic rings. The molecule has 7 rings (SSSR count). The minimum Gasteiger partial charge on any atom is -0.508 e. The summed E-state index contributed by atoms with van der Waals surface area (Å²) in [7, 11) is 0.723. The van der Waals surface area contributed by atoms with Crippen molar-refractivity contribution >= 4 is 63.8 Å². The Balaban J connectivity index is 1.09. The topological polar surface area (TPSA) is 228 Å². The van der Waals surface area contributed by atoms with Crippen LogP contribution in [0.5, 0.6) is 5.75 Å². The van der Waals surface area contributed by atoms with E-state index in [2.05, 4.69) is 41.7 Å². The number of hydrogen-bond donors (Lipinski definition) is 7. The van der Waals surface area contributed by atoms with Crippen molar-refractivity contribution in [3.05, 3.63) is 131 Å². The fourth-order valence-corrected chi connectivity index (χ4v) is 14.0. The molecular weight excluding hydrogens is 798 g/mol. The maximum absolute atomic E-state index is 14.3. The molecule has 316 valence electrons. The van der Waals surface area contributed by atoms with Crippen molar-refractivity contribution in [1.82, 2.24) is 4.90 Å². The summed E-state index contributed by atoms with van der Waals surface area (Å²) in [6, 6.07) is 32.4. The van der Waals surface area contributed by atoms with Crippen molar-refractivity contribution in [3.63, 3.8) is 0 Å². The number of carbonyl (C=O) groups is 5. The van der Waals surface area contributed by atoms with Crippen LogP contribution in [0.3, 0.4) is 0 Å². The summed E-state index contributed by atoms with van der Waals surface area (Å²) in [6.07, 6.45) is -0.434. The van der Waals surface area contributed by atoms with Crippen molar-refractivity contribution in [1.29, 1.82) is 0 Å². The zero-order valence-electron chi connectivity index (χ0n) is 34.0. The smallest absolute Gasteiger partial charge is 0.255 e. The lowest BCUT2D eigenvalue weighted by molar-refractivity contribution is -0.169. The number of Topliss-reactive ketones (excluding diaryl/α,β-unsaturated/α-hetero) is 3. The average molecular weight is 847 g/mol. The van der Waals surface area contributed by atoms with Gasteiger partial charge in [-0.25, -0.2) is 0 Å². The van der Waals surface area contributed by atoms with Gasteiger partial charge in [0.05, 0.1) is 35.5 Å². The molecule has 0 aliphatic heterocycles. The number of phenolic OH excluding ortho intramolecular Hbond substituents is 1. The standard InChI is InChI=1S/C47H48N3O10P/c1-26-31-22-23-32(40(53)35(31)41(54)36-34(26)42(55)38-39(50(2)3)43(56)37(46(48)59)45(58)47(38,60)44(36)57)49-33(52)24-21-27(51)14-13-25-61(28-15-7-4-8-16-28,29-17-9-5-10-18-29)30-19-11-6-12-20-30/h4-12,15-20,22-23,26,34,38-39,42,55,60H,13-14,21,24-25H2,1-3H3,(H5-,48,49,52,53,54,56,57,58,59)/p+1/t26-,34+,38+,39-,42-,47-/m0/s1. The second-order valence-electron chi connectivity index (χ2n) is 16.2. The Morgan fingerprint density at radius 1 is 0.803 bits per heavy atom. The van der Waals surface area contributed by atoms with Crippen LogP contribution in [-0.2, 0) is 24.0 Å². The number of anilines is 1. The highest BCUT2D eigenvalue weighted by molar-refractivity contribution is 7.95. The van der Waals surface area contributed by atoms with Crippen molar-refractivity contribution in [2.45, 2.75) is 56.3 Å². The molecule has 4 aromatic carbocycles. The normalized spacial score (nSPS) is 23.6. The number of nitrogens with two attached hydrogens (primary N) is 1. The van der Waals surface area contributed by atoms with Crippen molar-refractivity contribution < 1.29 is 49.5 Å². The Bertz CT molecular complexity index is 2380. The third-order valence-electron chi connectivity index (χ3n) is 12.6. The first kappa shape index (κ1) is 43.1. The van der Waals surface area contributed by atoms with Gasteiger partial charge in [0.2, 0.25) is 11.7 Å². The van der Waals surface area contributed by atoms with Gasteiger partial charge in [0, 0.05) is 30.8 Å². The number of hydrogen-bond acceptors (Lipinski definition) is 11. The van der Waals surface area contributed by atoms with Crippen LogP contribution >= 0.6 is 7.26 Å². The zero-order chi connectivity index (χ0) is 44.0. The Morgan fingerprint density at radius 3 is 1.85 bits per heavy atom. The summed E-state index contributed by atoms with van der Waals surface area (Å²) < 4.78 is 0. The van der Waals surface area contributed by atoms with E-state index < -0.39 is 94.6 Å². The molecule has 1 saturated carbocycles. The number of likely N-dealkylation sites (N-methyl/N-ethyl adjacent to an activating group) is 1. The van der Waals surface area contributed by atoms with E-state index in [9.17, 15) is 49.5 Å². The van der Waals surface area contributed by atoms with E-state index in [4.69, 9.17) is 5.73 Å². The number of rotatable bonds is 13. The summed E-state index contributed by atoms with van der Waals surface area (Å²) in [5.74, 6) is -10.9. The van der Waals surface area contributed by atoms with E-state index in [0.29, 0.717) is 6.42 Å². The van der Waals surface area contributed by atoms with Crippen molar-refractivity contribution in [2.75, 3.05) is 25.6 Å². The maximum atomic E-state index is 14.3. The molecular formula is C47H49N3O10P+. The Morgan fingerprint density at radius 2 is 1.34 bits per heavy atom. The van der Waals surface area contributed by atoms with Gasteiger partial charge in [0.25, 0.3) is 5.91 Å². The molecule has 0 unspecified atom stereocenters. The Labute approximate surface area is 353 Å². The lowest BCUT2D eigenvalue weighted by atomic mass is 9.54. The van der Waals surface area contributed by atoms with Crippen LogP contribution in [0, 0.1) is 11.8 Å². The molecule has 2 amide bonds. The van der Waals surface area contributed by atoms with Gasteiger partial charge in [-0.2, -0.15) is 0 Å². The summed E-state index contributed by atoms with van der Waals surface area (Å²) in [6.45, 7) is 1.62. The lowest BCUT2D eigenvalue weighted by Crippen LogP contribution is -2.70. The number of aliphatic hydroxyl groups excluding tert-OH is 3. The molecule has 0 aromatic heterocycles. The highest BCUT2D eigenvalue weighted by Crippen LogP contribution is 2.58. The predicted octanol–water partition coefficient (Wildman–Crippen LogP) is 3.56. The molecule has 0 heterocycles. The minimum absolute atomic E-state index is 0.0636. The van der Waals surface area contributed by atoms with Gasteiger partial charge in [-0.15, -0.1) is 0 Å². The first-order chi connectivity index (χ1) is 29.1. The molecule has 1 fully saturated rings. The monoisotopic (exact) mass is 846 g/mol. The van der Waals surface area contributed by atoms with Crippen LogP contribution in [0.15, 0.2) is 120 Å². The summed E-state index contributed by atoms with van der Waals surface area (Å²) in [5.41, 5.74) is 0.696. The molecule has 8 N–H and O–H groups in total. The van der Waals surface area contributed by atoms with Gasteiger partial charge >= 0.3 is 0 Å². The molecule has 14 heteroatoms. The van der Waals surface area contributed by atoms with E-state index in [0.717, 1.165) is 6.16 Å². The number of fused-ring (bicyclic) bond motifs is 3. The third kappa shape index (κ3) is 7.15. The number of carbonyl (C=O) groups excluding carboxylic acids is 5. The number of benzene rings is 4. The van der Waals surface area contributed by atoms with Gasteiger partial charge in [-0.1, -0.05) is 67.6 Å². The highest BCUT2D eigenvalue weighted by Gasteiger charge is 2.68. The molecule has 6 atom stereocenters. The summed E-state index contributed by atoms with van der Waals surface area (Å²) >= 11 is 0. The zero-order valence-corrected chi connectivity index (χ0v) is 34.9. The molecule has 0 radical (unpaired) electrons. The predicted molar refractivity (Wildman–Crippen MR) is 232 cm³/mol.